The summed E-state index contributed by atoms with van der Waals surface area (Å²) in [4.78, 5) is 12.0. The molecule has 0 radical (unpaired) electrons. The van der Waals surface area contributed by atoms with Gasteiger partial charge in [0.1, 0.15) is 11.6 Å². The number of halogens is 3. The molecule has 1 heterocycles. The summed E-state index contributed by atoms with van der Waals surface area (Å²) in [6.07, 6.45) is 0.495. The number of para-hydroxylation sites is 1. The number of amides is 1. The van der Waals surface area contributed by atoms with Crippen LogP contribution in [0.15, 0.2) is 36.4 Å². The number of anilines is 1. The van der Waals surface area contributed by atoms with Crippen LogP contribution in [0.5, 0.6) is 0 Å². The smallest absolute Gasteiger partial charge is 0.268 e. The van der Waals surface area contributed by atoms with Crippen molar-refractivity contribution in [2.75, 3.05) is 10.8 Å². The van der Waals surface area contributed by atoms with E-state index in [9.17, 15) is 22.0 Å². The number of rotatable bonds is 3. The second kappa shape index (κ2) is 6.03. The standard InChI is InChI=1S/C15H11ClF2N2O3S/c16-11-8-12(17)10(7-13(11)18)15(21)19-24(22,23)20-6-5-9-3-1-2-4-14(9)20/h1-4,7-8H,5-6H2,(H,19,21). The zero-order valence-corrected chi connectivity index (χ0v) is 13.7. The van der Waals surface area contributed by atoms with E-state index in [-0.39, 0.29) is 6.54 Å². The van der Waals surface area contributed by atoms with Crippen LogP contribution in [0.1, 0.15) is 15.9 Å². The molecule has 1 aliphatic heterocycles. The third kappa shape index (κ3) is 2.94. The molecule has 0 unspecified atom stereocenters. The van der Waals surface area contributed by atoms with Gasteiger partial charge in [0.2, 0.25) is 0 Å². The number of nitrogens with one attached hydrogen (secondary N) is 1. The first-order chi connectivity index (χ1) is 11.3. The number of carbonyl (C=O) groups is 1. The van der Waals surface area contributed by atoms with Crippen molar-refractivity contribution in [1.29, 1.82) is 0 Å². The SMILES string of the molecule is O=C(NS(=O)(=O)N1CCc2ccccc21)c1cc(F)c(Cl)cc1F. The third-order valence-corrected chi connectivity index (χ3v) is 5.30. The van der Waals surface area contributed by atoms with Gasteiger partial charge in [0.15, 0.2) is 0 Å². The highest BCUT2D eigenvalue weighted by molar-refractivity contribution is 7.91. The van der Waals surface area contributed by atoms with Gasteiger partial charge in [-0.15, -0.1) is 0 Å². The Morgan fingerprint density at radius 1 is 1.17 bits per heavy atom. The molecule has 1 amide bonds. The Labute approximate surface area is 142 Å². The van der Waals surface area contributed by atoms with Crippen LogP contribution in [0.25, 0.3) is 0 Å². The van der Waals surface area contributed by atoms with E-state index in [1.165, 1.54) is 0 Å². The van der Waals surface area contributed by atoms with Crippen molar-refractivity contribution in [2.24, 2.45) is 0 Å². The number of hydrogen-bond donors (Lipinski definition) is 1. The van der Waals surface area contributed by atoms with Crippen molar-refractivity contribution in [3.63, 3.8) is 0 Å². The van der Waals surface area contributed by atoms with Crippen LogP contribution in [0.2, 0.25) is 5.02 Å². The Balaban J connectivity index is 1.88. The van der Waals surface area contributed by atoms with E-state index in [0.717, 1.165) is 9.87 Å². The van der Waals surface area contributed by atoms with Gasteiger partial charge in [-0.2, -0.15) is 8.42 Å². The summed E-state index contributed by atoms with van der Waals surface area (Å²) in [5.74, 6) is -3.41. The molecule has 1 aliphatic rings. The van der Waals surface area contributed by atoms with E-state index < -0.39 is 38.3 Å². The average Bonchev–Trinajstić information content (AvgIpc) is 2.95. The molecule has 0 saturated carbocycles. The maximum atomic E-state index is 13.8. The molecule has 0 bridgehead atoms. The van der Waals surface area contributed by atoms with Crippen LogP contribution >= 0.6 is 11.6 Å². The Morgan fingerprint density at radius 3 is 2.62 bits per heavy atom. The first kappa shape index (κ1) is 16.7. The predicted octanol–water partition coefficient (Wildman–Crippen LogP) is 2.66. The summed E-state index contributed by atoms with van der Waals surface area (Å²) in [7, 11) is -4.25. The fraction of sp³-hybridized carbons (Fsp3) is 0.133. The van der Waals surface area contributed by atoms with Crippen molar-refractivity contribution in [2.45, 2.75) is 6.42 Å². The largest absolute Gasteiger partial charge is 0.326 e. The molecule has 2 aromatic rings. The number of benzene rings is 2. The summed E-state index contributed by atoms with van der Waals surface area (Å²) in [6, 6.07) is 8.00. The van der Waals surface area contributed by atoms with Crippen molar-refractivity contribution in [1.82, 2.24) is 4.72 Å². The summed E-state index contributed by atoms with van der Waals surface area (Å²) < 4.78 is 54.7. The minimum absolute atomic E-state index is 0.152. The van der Waals surface area contributed by atoms with Gasteiger partial charge >= 0.3 is 10.2 Å². The van der Waals surface area contributed by atoms with Crippen LogP contribution in [0.4, 0.5) is 14.5 Å². The second-order valence-electron chi connectivity index (χ2n) is 5.13. The lowest BCUT2D eigenvalue weighted by molar-refractivity contribution is 0.0977. The summed E-state index contributed by atoms with van der Waals surface area (Å²) in [5, 5.41) is -0.500. The van der Waals surface area contributed by atoms with Gasteiger partial charge in [0, 0.05) is 6.54 Å². The molecular weight excluding hydrogens is 362 g/mol. The predicted molar refractivity (Wildman–Crippen MR) is 85.2 cm³/mol. The Kier molecular flexibility index (Phi) is 4.18. The number of fused-ring (bicyclic) bond motifs is 1. The fourth-order valence-corrected chi connectivity index (χ4v) is 3.85. The number of carbonyl (C=O) groups excluding carboxylic acids is 1. The van der Waals surface area contributed by atoms with Gasteiger partial charge in [-0.05, 0) is 30.2 Å². The molecule has 5 nitrogen and oxygen atoms in total. The average molecular weight is 373 g/mol. The van der Waals surface area contributed by atoms with Crippen LogP contribution in [0.3, 0.4) is 0 Å². The Hall–Kier alpha value is -2.19. The molecular formula is C15H11ClF2N2O3S. The highest BCUT2D eigenvalue weighted by atomic mass is 35.5. The summed E-state index contributed by atoms with van der Waals surface area (Å²) in [6.45, 7) is 0.152. The summed E-state index contributed by atoms with van der Waals surface area (Å²) >= 11 is 5.41. The molecule has 0 atom stereocenters. The van der Waals surface area contributed by atoms with Crippen LogP contribution < -0.4 is 9.03 Å². The quantitative estimate of drug-likeness (QED) is 0.842. The lowest BCUT2D eigenvalue weighted by Crippen LogP contribution is -2.43. The Bertz CT molecular complexity index is 934. The topological polar surface area (TPSA) is 66.5 Å². The molecule has 2 aromatic carbocycles. The minimum atomic E-state index is -4.25. The first-order valence-corrected chi connectivity index (χ1v) is 8.68. The number of hydrogen-bond acceptors (Lipinski definition) is 3. The van der Waals surface area contributed by atoms with Gasteiger partial charge in [-0.25, -0.2) is 13.5 Å². The van der Waals surface area contributed by atoms with E-state index in [1.807, 2.05) is 0 Å². The van der Waals surface area contributed by atoms with Crippen LogP contribution in [-0.4, -0.2) is 20.9 Å². The molecule has 0 fully saturated rings. The highest BCUT2D eigenvalue weighted by Crippen LogP contribution is 2.29. The van der Waals surface area contributed by atoms with Crippen molar-refractivity contribution in [3.05, 3.63) is 64.2 Å². The second-order valence-corrected chi connectivity index (χ2v) is 7.14. The molecule has 3 rings (SSSR count). The zero-order chi connectivity index (χ0) is 17.5. The van der Waals surface area contributed by atoms with Gasteiger partial charge in [-0.3, -0.25) is 9.10 Å². The van der Waals surface area contributed by atoms with Crippen molar-refractivity contribution < 1.29 is 22.0 Å². The summed E-state index contributed by atoms with van der Waals surface area (Å²) in [5.41, 5.74) is 0.521. The van der Waals surface area contributed by atoms with Crippen molar-refractivity contribution >= 4 is 33.4 Å². The van der Waals surface area contributed by atoms with E-state index in [0.29, 0.717) is 24.2 Å². The molecule has 0 spiro atoms. The third-order valence-electron chi connectivity index (χ3n) is 3.61. The maximum absolute atomic E-state index is 13.8. The van der Waals surface area contributed by atoms with Gasteiger partial charge in [-0.1, -0.05) is 29.8 Å². The fourth-order valence-electron chi connectivity index (χ4n) is 2.48. The molecule has 126 valence electrons. The molecule has 0 aromatic heterocycles. The van der Waals surface area contributed by atoms with Gasteiger partial charge in [0.05, 0.1) is 16.3 Å². The normalized spacial score (nSPS) is 13.7. The van der Waals surface area contributed by atoms with Gasteiger partial charge in [0.25, 0.3) is 5.91 Å². The Morgan fingerprint density at radius 2 is 1.88 bits per heavy atom. The minimum Gasteiger partial charge on any atom is -0.268 e. The zero-order valence-electron chi connectivity index (χ0n) is 12.1. The van der Waals surface area contributed by atoms with E-state index >= 15 is 0 Å². The highest BCUT2D eigenvalue weighted by Gasteiger charge is 2.31. The molecule has 24 heavy (non-hydrogen) atoms. The van der Waals surface area contributed by atoms with E-state index in [1.54, 1.807) is 29.0 Å². The van der Waals surface area contributed by atoms with Crippen molar-refractivity contribution in [3.8, 4) is 0 Å². The first-order valence-electron chi connectivity index (χ1n) is 6.87. The lowest BCUT2D eigenvalue weighted by atomic mass is 10.2. The molecule has 0 saturated heterocycles. The van der Waals surface area contributed by atoms with Crippen LogP contribution in [-0.2, 0) is 16.6 Å². The monoisotopic (exact) mass is 372 g/mol. The maximum Gasteiger partial charge on any atom is 0.326 e. The number of nitrogens with zero attached hydrogens (tertiary/aromatic N) is 1. The lowest BCUT2D eigenvalue weighted by Gasteiger charge is -2.19. The molecule has 1 N–H and O–H groups in total. The van der Waals surface area contributed by atoms with E-state index in [4.69, 9.17) is 11.6 Å². The van der Waals surface area contributed by atoms with E-state index in [2.05, 4.69) is 0 Å². The molecule has 0 aliphatic carbocycles. The van der Waals surface area contributed by atoms with Gasteiger partial charge < -0.3 is 0 Å². The van der Waals surface area contributed by atoms with Crippen LogP contribution in [0, 0.1) is 11.6 Å². The molecule has 9 heteroatoms.